The molecule has 176 valence electrons. The minimum absolute atomic E-state index is 0.00622. The first kappa shape index (κ1) is 23.3. The van der Waals surface area contributed by atoms with Gasteiger partial charge < -0.3 is 20.3 Å². The van der Waals surface area contributed by atoms with Crippen molar-refractivity contribution in [2.45, 2.75) is 24.3 Å². The Morgan fingerprint density at radius 1 is 1.18 bits per heavy atom. The Hall–Kier alpha value is -2.82. The van der Waals surface area contributed by atoms with Crippen molar-refractivity contribution in [2.75, 3.05) is 38.0 Å². The van der Waals surface area contributed by atoms with Crippen LogP contribution in [0.15, 0.2) is 47.4 Å². The van der Waals surface area contributed by atoms with Crippen LogP contribution >= 0.6 is 11.6 Å². The Bertz CT molecular complexity index is 1150. The number of sulfonamides is 1. The molecule has 33 heavy (non-hydrogen) atoms. The molecule has 11 heteroatoms. The zero-order valence-corrected chi connectivity index (χ0v) is 19.7. The summed E-state index contributed by atoms with van der Waals surface area (Å²) in [6.45, 7) is 2.91. The van der Waals surface area contributed by atoms with E-state index >= 15 is 0 Å². The lowest BCUT2D eigenvalue weighted by Crippen LogP contribution is -2.53. The third-order valence-electron chi connectivity index (χ3n) is 5.64. The van der Waals surface area contributed by atoms with Crippen molar-refractivity contribution in [1.82, 2.24) is 14.5 Å². The summed E-state index contributed by atoms with van der Waals surface area (Å²) >= 11 is 6.25. The van der Waals surface area contributed by atoms with Crippen LogP contribution in [0, 0.1) is 0 Å². The Labute approximate surface area is 197 Å². The minimum Gasteiger partial charge on any atom is -0.479 e. The van der Waals surface area contributed by atoms with E-state index in [-0.39, 0.29) is 53.8 Å². The van der Waals surface area contributed by atoms with Gasteiger partial charge >= 0.3 is 6.03 Å². The Balaban J connectivity index is 1.36. The fraction of sp³-hybridized carbons (Fsp3) is 0.364. The summed E-state index contributed by atoms with van der Waals surface area (Å²) in [5.41, 5.74) is 1.47. The maximum Gasteiger partial charge on any atom is 0.317 e. The summed E-state index contributed by atoms with van der Waals surface area (Å²) < 4.78 is 33.3. The van der Waals surface area contributed by atoms with Crippen molar-refractivity contribution in [2.24, 2.45) is 0 Å². The topological polar surface area (TPSA) is 108 Å². The molecule has 0 aliphatic carbocycles. The number of halogens is 1. The van der Waals surface area contributed by atoms with Gasteiger partial charge in [0.15, 0.2) is 6.10 Å². The maximum absolute atomic E-state index is 13.2. The summed E-state index contributed by atoms with van der Waals surface area (Å²) in [5, 5.41) is 5.52. The average molecular weight is 493 g/mol. The molecule has 1 fully saturated rings. The second-order valence-electron chi connectivity index (χ2n) is 7.89. The van der Waals surface area contributed by atoms with E-state index in [0.29, 0.717) is 12.2 Å². The molecule has 0 saturated carbocycles. The number of hydrogen-bond donors (Lipinski definition) is 2. The van der Waals surface area contributed by atoms with Crippen molar-refractivity contribution in [3.63, 3.8) is 0 Å². The summed E-state index contributed by atoms with van der Waals surface area (Å²) in [6, 6.07) is 12.4. The molecule has 4 rings (SSSR count). The van der Waals surface area contributed by atoms with Gasteiger partial charge in [-0.2, -0.15) is 4.31 Å². The van der Waals surface area contributed by atoms with Crippen LogP contribution in [0.25, 0.3) is 0 Å². The zero-order valence-electron chi connectivity index (χ0n) is 18.1. The number of nitrogens with zero attached hydrogens (tertiary/aromatic N) is 2. The largest absolute Gasteiger partial charge is 0.479 e. The van der Waals surface area contributed by atoms with Gasteiger partial charge in [0.25, 0.3) is 5.91 Å². The smallest absolute Gasteiger partial charge is 0.317 e. The van der Waals surface area contributed by atoms with Gasteiger partial charge in [0.1, 0.15) is 10.6 Å². The van der Waals surface area contributed by atoms with Crippen LogP contribution < -0.4 is 15.4 Å². The van der Waals surface area contributed by atoms with E-state index in [4.69, 9.17) is 16.3 Å². The minimum atomic E-state index is -3.91. The molecule has 2 aliphatic heterocycles. The summed E-state index contributed by atoms with van der Waals surface area (Å²) in [6.07, 6.45) is -0.0167. The van der Waals surface area contributed by atoms with Crippen molar-refractivity contribution in [3.8, 4) is 5.75 Å². The number of nitrogens with one attached hydrogen (secondary N) is 2. The third-order valence-corrected chi connectivity index (χ3v) is 8.00. The SMILES string of the molecule is CC1Oc2cc(S(=O)(=O)N3CCN(C(=O)NCCc4ccccc4)CC3)c(Cl)cc2NC1=O. The molecule has 2 N–H and O–H groups in total. The summed E-state index contributed by atoms with van der Waals surface area (Å²) in [4.78, 5) is 25.8. The lowest BCUT2D eigenvalue weighted by atomic mass is 10.1. The molecule has 3 amide bonds. The summed E-state index contributed by atoms with van der Waals surface area (Å²) in [7, 11) is -3.91. The molecule has 1 unspecified atom stereocenters. The molecule has 2 aromatic carbocycles. The number of ether oxygens (including phenoxy) is 1. The summed E-state index contributed by atoms with van der Waals surface area (Å²) in [5.74, 6) is -0.0751. The van der Waals surface area contributed by atoms with E-state index in [1.54, 1.807) is 11.8 Å². The monoisotopic (exact) mass is 492 g/mol. The number of carbonyl (C=O) groups excluding carboxylic acids is 2. The van der Waals surface area contributed by atoms with E-state index in [2.05, 4.69) is 10.6 Å². The van der Waals surface area contributed by atoms with Crippen molar-refractivity contribution >= 4 is 39.2 Å². The van der Waals surface area contributed by atoms with Gasteiger partial charge in [0.2, 0.25) is 10.0 Å². The van der Waals surface area contributed by atoms with Gasteiger partial charge in [-0.1, -0.05) is 41.9 Å². The standard InChI is InChI=1S/C22H25ClN4O5S/c1-15-21(28)25-18-13-17(23)20(14-19(18)32-15)33(30,31)27-11-9-26(10-12-27)22(29)24-8-7-16-5-3-2-4-6-16/h2-6,13-15H,7-12H2,1H3,(H,24,29)(H,25,28). The van der Waals surface area contributed by atoms with Gasteiger partial charge in [-0.15, -0.1) is 0 Å². The Morgan fingerprint density at radius 2 is 1.88 bits per heavy atom. The number of anilines is 1. The van der Waals surface area contributed by atoms with E-state index < -0.39 is 16.1 Å². The highest BCUT2D eigenvalue weighted by molar-refractivity contribution is 7.89. The number of benzene rings is 2. The van der Waals surface area contributed by atoms with E-state index in [1.807, 2.05) is 30.3 Å². The first-order valence-corrected chi connectivity index (χ1v) is 12.5. The van der Waals surface area contributed by atoms with Crippen molar-refractivity contribution < 1.29 is 22.7 Å². The molecule has 9 nitrogen and oxygen atoms in total. The number of amides is 3. The lowest BCUT2D eigenvalue weighted by molar-refractivity contribution is -0.122. The molecular weight excluding hydrogens is 468 g/mol. The van der Waals surface area contributed by atoms with Crippen LogP contribution in [0.3, 0.4) is 0 Å². The van der Waals surface area contributed by atoms with Crippen molar-refractivity contribution in [1.29, 1.82) is 0 Å². The highest BCUT2D eigenvalue weighted by Crippen LogP contribution is 2.38. The number of fused-ring (bicyclic) bond motifs is 1. The molecular formula is C22H25ClN4O5S. The predicted molar refractivity (Wildman–Crippen MR) is 124 cm³/mol. The van der Waals surface area contributed by atoms with Crippen molar-refractivity contribution in [3.05, 3.63) is 53.1 Å². The highest BCUT2D eigenvalue weighted by atomic mass is 35.5. The Morgan fingerprint density at radius 3 is 2.58 bits per heavy atom. The quantitative estimate of drug-likeness (QED) is 0.666. The maximum atomic E-state index is 13.2. The van der Waals surface area contributed by atoms with Crippen LogP contribution in [0.4, 0.5) is 10.5 Å². The normalized spacial score (nSPS) is 18.8. The number of urea groups is 1. The van der Waals surface area contributed by atoms with Gasteiger partial charge in [-0.05, 0) is 25.0 Å². The van der Waals surface area contributed by atoms with E-state index in [9.17, 15) is 18.0 Å². The number of rotatable bonds is 5. The van der Waals surface area contributed by atoms with Crippen LogP contribution in [-0.4, -0.2) is 68.4 Å². The van der Waals surface area contributed by atoms with Crippen LogP contribution in [0.5, 0.6) is 5.75 Å². The fourth-order valence-corrected chi connectivity index (χ4v) is 5.69. The first-order chi connectivity index (χ1) is 15.8. The second kappa shape index (κ2) is 9.58. The molecule has 1 atom stereocenters. The highest BCUT2D eigenvalue weighted by Gasteiger charge is 2.34. The third kappa shape index (κ3) is 5.07. The van der Waals surface area contributed by atoms with Gasteiger partial charge in [0.05, 0.1) is 10.7 Å². The van der Waals surface area contributed by atoms with Crippen LogP contribution in [0.2, 0.25) is 5.02 Å². The molecule has 0 aromatic heterocycles. The lowest BCUT2D eigenvalue weighted by Gasteiger charge is -2.34. The Kier molecular flexibility index (Phi) is 6.78. The second-order valence-corrected chi connectivity index (χ2v) is 10.2. The molecule has 0 bridgehead atoms. The predicted octanol–water partition coefficient (Wildman–Crippen LogP) is 2.32. The molecule has 1 saturated heterocycles. The van der Waals surface area contributed by atoms with Gasteiger partial charge in [-0.3, -0.25) is 4.79 Å². The average Bonchev–Trinajstić information content (AvgIpc) is 2.80. The number of carbonyl (C=O) groups is 2. The molecule has 2 aromatic rings. The van der Waals surface area contributed by atoms with Gasteiger partial charge in [-0.25, -0.2) is 13.2 Å². The molecule has 2 heterocycles. The molecule has 2 aliphatic rings. The van der Waals surface area contributed by atoms with E-state index in [0.717, 1.165) is 12.0 Å². The number of piperazine rings is 1. The molecule has 0 spiro atoms. The van der Waals surface area contributed by atoms with E-state index in [1.165, 1.54) is 16.4 Å². The number of hydrogen-bond acceptors (Lipinski definition) is 5. The molecule has 0 radical (unpaired) electrons. The van der Waals surface area contributed by atoms with Crippen LogP contribution in [0.1, 0.15) is 12.5 Å². The van der Waals surface area contributed by atoms with Gasteiger partial charge in [0, 0.05) is 38.8 Å². The fourth-order valence-electron chi connectivity index (χ4n) is 3.75. The van der Waals surface area contributed by atoms with Crippen LogP contribution in [-0.2, 0) is 21.2 Å². The zero-order chi connectivity index (χ0) is 23.6. The first-order valence-electron chi connectivity index (χ1n) is 10.6.